The molecule has 30 heavy (non-hydrogen) atoms. The minimum Gasteiger partial charge on any atom is -0.490 e. The van der Waals surface area contributed by atoms with Gasteiger partial charge in [0, 0.05) is 0 Å². The maximum absolute atomic E-state index is 6.18. The van der Waals surface area contributed by atoms with Gasteiger partial charge < -0.3 is 20.9 Å². The van der Waals surface area contributed by atoms with Crippen molar-refractivity contribution < 1.29 is 9.47 Å². The van der Waals surface area contributed by atoms with E-state index in [1.54, 1.807) is 0 Å². The molecule has 0 unspecified atom stereocenters. The van der Waals surface area contributed by atoms with Gasteiger partial charge in [0.15, 0.2) is 11.5 Å². The molecule has 0 aliphatic heterocycles. The molecule has 1 aromatic rings. The normalized spacial score (nSPS) is 11.1. The molecule has 0 saturated heterocycles. The number of hydrogen-bond acceptors (Lipinski definition) is 4. The van der Waals surface area contributed by atoms with E-state index in [2.05, 4.69) is 26.0 Å². The Balaban J connectivity index is 2.64. The SMILES string of the molecule is CCCCCCCCOc1cc(CCN)c(CCN)cc1OCCCCCCCC. The Morgan fingerprint density at radius 1 is 0.567 bits per heavy atom. The van der Waals surface area contributed by atoms with Crippen LogP contribution in [0.2, 0.25) is 0 Å². The second kappa shape index (κ2) is 18.5. The van der Waals surface area contributed by atoms with E-state index in [4.69, 9.17) is 20.9 Å². The van der Waals surface area contributed by atoms with Gasteiger partial charge in [-0.05, 0) is 62.0 Å². The van der Waals surface area contributed by atoms with Crippen LogP contribution in [0.4, 0.5) is 0 Å². The van der Waals surface area contributed by atoms with Crippen molar-refractivity contribution in [2.75, 3.05) is 26.3 Å². The first kappa shape index (κ1) is 26.8. The highest BCUT2D eigenvalue weighted by atomic mass is 16.5. The van der Waals surface area contributed by atoms with Gasteiger partial charge in [0.05, 0.1) is 13.2 Å². The standard InChI is InChI=1S/C26H48N2O2/c1-3-5-7-9-11-13-19-29-25-21-23(15-17-27)24(16-18-28)22-26(25)30-20-14-12-10-8-6-4-2/h21-22H,3-20,27-28H2,1-2H3. The summed E-state index contributed by atoms with van der Waals surface area (Å²) in [6, 6.07) is 4.29. The molecule has 0 aliphatic rings. The summed E-state index contributed by atoms with van der Waals surface area (Å²) in [6.45, 7) is 7.26. The Kier molecular flexibility index (Phi) is 16.5. The molecule has 1 rings (SSSR count). The highest BCUT2D eigenvalue weighted by molar-refractivity contribution is 5.48. The van der Waals surface area contributed by atoms with Crippen molar-refractivity contribution in [3.63, 3.8) is 0 Å². The van der Waals surface area contributed by atoms with Gasteiger partial charge in [-0.1, -0.05) is 78.1 Å². The molecule has 0 spiro atoms. The summed E-state index contributed by atoms with van der Waals surface area (Å²) in [5, 5.41) is 0. The van der Waals surface area contributed by atoms with E-state index in [1.165, 1.54) is 75.3 Å². The average molecular weight is 421 g/mol. The van der Waals surface area contributed by atoms with Crippen LogP contribution in [0.25, 0.3) is 0 Å². The molecular formula is C26H48N2O2. The van der Waals surface area contributed by atoms with Crippen LogP contribution in [0.15, 0.2) is 12.1 Å². The van der Waals surface area contributed by atoms with E-state index in [0.717, 1.165) is 50.4 Å². The van der Waals surface area contributed by atoms with Crippen LogP contribution >= 0.6 is 0 Å². The molecule has 0 fully saturated rings. The van der Waals surface area contributed by atoms with E-state index >= 15 is 0 Å². The summed E-state index contributed by atoms with van der Waals surface area (Å²) in [4.78, 5) is 0. The van der Waals surface area contributed by atoms with Gasteiger partial charge in [-0.3, -0.25) is 0 Å². The quantitative estimate of drug-likeness (QED) is 0.248. The first-order valence-electron chi connectivity index (χ1n) is 12.6. The zero-order valence-corrected chi connectivity index (χ0v) is 19.9. The smallest absolute Gasteiger partial charge is 0.161 e. The van der Waals surface area contributed by atoms with Gasteiger partial charge in [0.25, 0.3) is 0 Å². The molecule has 174 valence electrons. The molecule has 4 heteroatoms. The molecule has 0 aliphatic carbocycles. The average Bonchev–Trinajstić information content (AvgIpc) is 2.75. The predicted octanol–water partition coefficient (Wildman–Crippen LogP) is 6.17. The third kappa shape index (κ3) is 11.8. The Morgan fingerprint density at radius 3 is 1.30 bits per heavy atom. The van der Waals surface area contributed by atoms with Crippen molar-refractivity contribution >= 4 is 0 Å². The first-order valence-corrected chi connectivity index (χ1v) is 12.6. The highest BCUT2D eigenvalue weighted by Gasteiger charge is 2.12. The fourth-order valence-corrected chi connectivity index (χ4v) is 3.78. The number of ether oxygens (including phenoxy) is 2. The number of benzene rings is 1. The maximum atomic E-state index is 6.18. The van der Waals surface area contributed by atoms with Gasteiger partial charge in [0.2, 0.25) is 0 Å². The van der Waals surface area contributed by atoms with Crippen LogP contribution in [0.5, 0.6) is 11.5 Å². The molecule has 0 radical (unpaired) electrons. The summed E-state index contributed by atoms with van der Waals surface area (Å²) in [7, 11) is 0. The van der Waals surface area contributed by atoms with Crippen molar-refractivity contribution in [2.24, 2.45) is 11.5 Å². The number of unbranched alkanes of at least 4 members (excludes halogenated alkanes) is 10. The number of rotatable bonds is 20. The van der Waals surface area contributed by atoms with E-state index < -0.39 is 0 Å². The number of hydrogen-bond donors (Lipinski definition) is 2. The van der Waals surface area contributed by atoms with Crippen LogP contribution in [0.1, 0.15) is 102 Å². The molecule has 0 heterocycles. The van der Waals surface area contributed by atoms with Crippen molar-refractivity contribution in [3.05, 3.63) is 23.3 Å². The van der Waals surface area contributed by atoms with Crippen LogP contribution in [-0.2, 0) is 12.8 Å². The fraction of sp³-hybridized carbons (Fsp3) is 0.769. The summed E-state index contributed by atoms with van der Waals surface area (Å²) in [6.07, 6.45) is 16.8. The van der Waals surface area contributed by atoms with E-state index in [-0.39, 0.29) is 0 Å². The minimum absolute atomic E-state index is 0.631. The largest absolute Gasteiger partial charge is 0.490 e. The maximum Gasteiger partial charge on any atom is 0.161 e. The van der Waals surface area contributed by atoms with Crippen molar-refractivity contribution in [2.45, 2.75) is 104 Å². The predicted molar refractivity (Wildman–Crippen MR) is 130 cm³/mol. The van der Waals surface area contributed by atoms with Crippen molar-refractivity contribution in [1.82, 2.24) is 0 Å². The lowest BCUT2D eigenvalue weighted by Crippen LogP contribution is -2.11. The fourth-order valence-electron chi connectivity index (χ4n) is 3.78. The van der Waals surface area contributed by atoms with E-state index in [0.29, 0.717) is 13.1 Å². The lowest BCUT2D eigenvalue weighted by atomic mass is 10.0. The third-order valence-corrected chi connectivity index (χ3v) is 5.60. The second-order valence-corrected chi connectivity index (χ2v) is 8.38. The minimum atomic E-state index is 0.631. The van der Waals surface area contributed by atoms with Crippen molar-refractivity contribution in [1.29, 1.82) is 0 Å². The number of nitrogens with two attached hydrogens (primary N) is 2. The van der Waals surface area contributed by atoms with Crippen LogP contribution in [-0.4, -0.2) is 26.3 Å². The summed E-state index contributed by atoms with van der Waals surface area (Å²) >= 11 is 0. The molecule has 0 atom stereocenters. The summed E-state index contributed by atoms with van der Waals surface area (Å²) < 4.78 is 12.4. The second-order valence-electron chi connectivity index (χ2n) is 8.38. The van der Waals surface area contributed by atoms with Gasteiger partial charge >= 0.3 is 0 Å². The van der Waals surface area contributed by atoms with Gasteiger partial charge in [-0.25, -0.2) is 0 Å². The summed E-state index contributed by atoms with van der Waals surface area (Å²) in [5.74, 6) is 1.75. The molecule has 0 aromatic heterocycles. The molecule has 0 saturated carbocycles. The van der Waals surface area contributed by atoms with E-state index in [1.807, 2.05) is 0 Å². The third-order valence-electron chi connectivity index (χ3n) is 5.60. The Labute approximate surface area is 186 Å². The molecule has 1 aromatic carbocycles. The van der Waals surface area contributed by atoms with Gasteiger partial charge in [0.1, 0.15) is 0 Å². The molecule has 0 bridgehead atoms. The topological polar surface area (TPSA) is 70.5 Å². The Morgan fingerprint density at radius 2 is 0.933 bits per heavy atom. The van der Waals surface area contributed by atoms with Crippen LogP contribution in [0.3, 0.4) is 0 Å². The zero-order chi connectivity index (χ0) is 21.9. The van der Waals surface area contributed by atoms with Crippen molar-refractivity contribution in [3.8, 4) is 11.5 Å². The molecule has 4 N–H and O–H groups in total. The van der Waals surface area contributed by atoms with E-state index in [9.17, 15) is 0 Å². The first-order chi connectivity index (χ1) is 14.8. The molecular weight excluding hydrogens is 372 g/mol. The Bertz CT molecular complexity index is 487. The van der Waals surface area contributed by atoms with Gasteiger partial charge in [-0.2, -0.15) is 0 Å². The monoisotopic (exact) mass is 420 g/mol. The lowest BCUT2D eigenvalue weighted by molar-refractivity contribution is 0.258. The van der Waals surface area contributed by atoms with Gasteiger partial charge in [-0.15, -0.1) is 0 Å². The lowest BCUT2D eigenvalue weighted by Gasteiger charge is -2.17. The molecule has 4 nitrogen and oxygen atoms in total. The van der Waals surface area contributed by atoms with Crippen LogP contribution in [0, 0.1) is 0 Å². The highest BCUT2D eigenvalue weighted by Crippen LogP contribution is 2.32. The molecule has 0 amide bonds. The Hall–Kier alpha value is -1.26. The van der Waals surface area contributed by atoms with Crippen LogP contribution < -0.4 is 20.9 Å². The zero-order valence-electron chi connectivity index (χ0n) is 19.9. The summed E-state index contributed by atoms with van der Waals surface area (Å²) in [5.41, 5.74) is 14.2.